The van der Waals surface area contributed by atoms with E-state index in [0.717, 1.165) is 23.3 Å². The maximum atomic E-state index is 12.6. The lowest BCUT2D eigenvalue weighted by molar-refractivity contribution is -0.458. The molecule has 0 bridgehead atoms. The second-order valence-electron chi connectivity index (χ2n) is 7.60. The van der Waals surface area contributed by atoms with Crippen LogP contribution in [0.4, 0.5) is 16.4 Å². The lowest BCUT2D eigenvalue weighted by Gasteiger charge is -2.07. The molecular weight excluding hydrogens is 438 g/mol. The van der Waals surface area contributed by atoms with Gasteiger partial charge in [-0.3, -0.25) is 10.3 Å². The summed E-state index contributed by atoms with van der Waals surface area (Å²) in [5.41, 5.74) is 4.56. The van der Waals surface area contributed by atoms with Crippen molar-refractivity contribution >= 4 is 46.1 Å². The van der Waals surface area contributed by atoms with Gasteiger partial charge in [0.25, 0.3) is 5.95 Å². The number of benzene rings is 2. The number of halogens is 1. The monoisotopic (exact) mass is 462 g/mol. The molecule has 33 heavy (non-hydrogen) atoms. The van der Waals surface area contributed by atoms with Gasteiger partial charge < -0.3 is 4.98 Å². The zero-order valence-corrected chi connectivity index (χ0v) is 19.1. The number of aromatic nitrogens is 3. The summed E-state index contributed by atoms with van der Waals surface area (Å²) < 4.78 is 0. The third kappa shape index (κ3) is 6.08. The Morgan fingerprint density at radius 2 is 1.76 bits per heavy atom. The second-order valence-corrected chi connectivity index (χ2v) is 8.03. The van der Waals surface area contributed by atoms with E-state index >= 15 is 0 Å². The van der Waals surface area contributed by atoms with E-state index in [4.69, 9.17) is 11.6 Å². The van der Waals surface area contributed by atoms with Crippen molar-refractivity contribution in [1.82, 2.24) is 20.3 Å². The molecule has 0 saturated carbocycles. The summed E-state index contributed by atoms with van der Waals surface area (Å²) in [7, 11) is 0. The number of carbonyl (C=O) groups excluding carboxylic acids is 1. The van der Waals surface area contributed by atoms with Gasteiger partial charge in [0.15, 0.2) is 0 Å². The maximum absolute atomic E-state index is 12.6. The number of hydrogen-bond acceptors (Lipinski definition) is 3. The Bertz CT molecular complexity index is 1280. The summed E-state index contributed by atoms with van der Waals surface area (Å²) >= 11 is 5.92. The zero-order chi connectivity index (χ0) is 23.2. The van der Waals surface area contributed by atoms with Gasteiger partial charge in [-0.25, -0.2) is 20.1 Å². The van der Waals surface area contributed by atoms with Gasteiger partial charge in [0.1, 0.15) is 0 Å². The molecule has 4 aromatic rings. The Hall–Kier alpha value is -3.91. The molecule has 0 spiro atoms. The summed E-state index contributed by atoms with van der Waals surface area (Å²) in [6.07, 6.45) is 2.76. The van der Waals surface area contributed by atoms with Gasteiger partial charge in [-0.2, -0.15) is 5.32 Å². The first-order valence-electron chi connectivity index (χ1n) is 10.5. The predicted octanol–water partition coefficient (Wildman–Crippen LogP) is 3.14. The number of para-hydroxylation sites is 1. The fourth-order valence-corrected chi connectivity index (χ4v) is 3.61. The lowest BCUT2D eigenvalue weighted by atomic mass is 10.1. The van der Waals surface area contributed by atoms with Crippen LogP contribution in [0.3, 0.4) is 0 Å². The number of rotatable bonds is 5. The minimum absolute atomic E-state index is 0.381. The number of nitrogens with one attached hydrogen (secondary N) is 5. The summed E-state index contributed by atoms with van der Waals surface area (Å²) in [6.45, 7) is 4.37. The Balaban J connectivity index is 1.49. The fraction of sp³-hybridized carbons (Fsp3) is 0.167. The highest BCUT2D eigenvalue weighted by Gasteiger charge is 2.16. The number of amides is 2. The van der Waals surface area contributed by atoms with E-state index in [1.165, 1.54) is 10.9 Å². The van der Waals surface area contributed by atoms with Crippen molar-refractivity contribution in [2.24, 2.45) is 0 Å². The summed E-state index contributed by atoms with van der Waals surface area (Å²) in [6, 6.07) is 16.5. The van der Waals surface area contributed by atoms with E-state index in [1.54, 1.807) is 24.3 Å². The van der Waals surface area contributed by atoms with Crippen LogP contribution in [0.25, 0.3) is 10.9 Å². The van der Waals surface area contributed by atoms with Crippen molar-refractivity contribution in [3.8, 4) is 0 Å². The van der Waals surface area contributed by atoms with Crippen molar-refractivity contribution in [3.05, 3.63) is 82.8 Å². The number of nitrogens with zero attached hydrogens (tertiary/aromatic N) is 2. The lowest BCUT2D eigenvalue weighted by Crippen LogP contribution is -2.79. The molecule has 0 atom stereocenters. The van der Waals surface area contributed by atoms with E-state index in [0.29, 0.717) is 29.2 Å². The number of guanidine groups is 1. The second kappa shape index (κ2) is 10.1. The van der Waals surface area contributed by atoms with Crippen molar-refractivity contribution in [2.75, 3.05) is 17.2 Å². The van der Waals surface area contributed by atoms with Crippen LogP contribution in [0.2, 0.25) is 5.02 Å². The van der Waals surface area contributed by atoms with Crippen molar-refractivity contribution in [1.29, 1.82) is 0 Å². The quantitative estimate of drug-likeness (QED) is 0.232. The topological polar surface area (TPSA) is 109 Å². The minimum atomic E-state index is -0.413. The van der Waals surface area contributed by atoms with Crippen LogP contribution < -0.4 is 20.9 Å². The molecule has 0 aliphatic carbocycles. The predicted molar refractivity (Wildman–Crippen MR) is 132 cm³/mol. The summed E-state index contributed by atoms with van der Waals surface area (Å²) in [4.78, 5) is 27.9. The van der Waals surface area contributed by atoms with Crippen LogP contribution >= 0.6 is 11.6 Å². The van der Waals surface area contributed by atoms with Crippen molar-refractivity contribution in [3.63, 3.8) is 0 Å². The molecule has 0 aliphatic heterocycles. The van der Waals surface area contributed by atoms with E-state index in [-0.39, 0.29) is 0 Å². The van der Waals surface area contributed by atoms with Crippen molar-refractivity contribution < 1.29 is 9.79 Å². The highest BCUT2D eigenvalue weighted by molar-refractivity contribution is 6.30. The van der Waals surface area contributed by atoms with Crippen LogP contribution in [0.5, 0.6) is 0 Å². The minimum Gasteiger partial charge on any atom is -0.361 e. The van der Waals surface area contributed by atoms with Crippen LogP contribution in [0.1, 0.15) is 17.0 Å². The third-order valence-corrected chi connectivity index (χ3v) is 5.18. The van der Waals surface area contributed by atoms with Crippen LogP contribution in [0, 0.1) is 13.8 Å². The highest BCUT2D eigenvalue weighted by Crippen LogP contribution is 2.17. The standard InChI is InChI=1S/C24H24ClN7O/c1-15-13-16(2)29-23(28-15)31-22(32-24(33)30-19-9-7-18(25)8-10-19)26-12-11-17-14-27-21-6-4-3-5-20(17)21/h3-10,13-14,27H,11-12H2,1-2H3,(H3,26,28,29,30,31,32,33)/p+1. The van der Waals surface area contributed by atoms with Gasteiger partial charge in [-0.15, -0.1) is 0 Å². The smallest absolute Gasteiger partial charge is 0.361 e. The molecule has 2 aromatic carbocycles. The molecule has 0 radical (unpaired) electrons. The number of urea groups is 1. The molecular formula is C24H25ClN7O+. The molecule has 5 N–H and O–H groups in total. The van der Waals surface area contributed by atoms with Crippen molar-refractivity contribution in [2.45, 2.75) is 20.3 Å². The van der Waals surface area contributed by atoms with Crippen LogP contribution in [-0.4, -0.2) is 33.5 Å². The number of H-pyrrole nitrogens is 1. The molecule has 0 aliphatic rings. The number of carbonyl (C=O) groups is 1. The van der Waals surface area contributed by atoms with E-state index in [9.17, 15) is 4.79 Å². The number of hydrogen-bond donors (Lipinski definition) is 5. The first kappa shape index (κ1) is 22.3. The first-order chi connectivity index (χ1) is 16.0. The number of aryl methyl sites for hydroxylation is 2. The molecule has 2 amide bonds. The molecule has 2 heterocycles. The molecule has 9 heteroatoms. The fourth-order valence-electron chi connectivity index (χ4n) is 3.48. The number of fused-ring (bicyclic) bond motifs is 1. The highest BCUT2D eigenvalue weighted by atomic mass is 35.5. The molecule has 8 nitrogen and oxygen atoms in total. The third-order valence-electron chi connectivity index (χ3n) is 4.93. The van der Waals surface area contributed by atoms with Gasteiger partial charge in [0.2, 0.25) is 0 Å². The van der Waals surface area contributed by atoms with Gasteiger partial charge in [0.05, 0.1) is 6.54 Å². The molecule has 168 valence electrons. The first-order valence-corrected chi connectivity index (χ1v) is 10.9. The average Bonchev–Trinajstić information content (AvgIpc) is 3.18. The van der Waals surface area contributed by atoms with Crippen LogP contribution in [0.15, 0.2) is 60.8 Å². The summed E-state index contributed by atoms with van der Waals surface area (Å²) in [5.74, 6) is 0.778. The molecule has 0 fully saturated rings. The van der Waals surface area contributed by atoms with Gasteiger partial charge >= 0.3 is 12.0 Å². The molecule has 2 aromatic heterocycles. The Morgan fingerprint density at radius 1 is 1.03 bits per heavy atom. The Morgan fingerprint density at radius 3 is 2.52 bits per heavy atom. The average molecular weight is 463 g/mol. The number of aromatic amines is 1. The SMILES string of the molecule is Cc1cc(C)nc(NC(NC(=O)Nc2ccc(Cl)cc2)=[NH+]CCc2c[nH]c3ccccc23)n1. The van der Waals surface area contributed by atoms with E-state index < -0.39 is 6.03 Å². The Labute approximate surface area is 196 Å². The number of anilines is 2. The Kier molecular flexibility index (Phi) is 6.85. The van der Waals surface area contributed by atoms with E-state index in [1.807, 2.05) is 44.3 Å². The molecule has 0 saturated heterocycles. The van der Waals surface area contributed by atoms with E-state index in [2.05, 4.69) is 42.0 Å². The normalized spacial score (nSPS) is 11.4. The molecule has 4 rings (SSSR count). The van der Waals surface area contributed by atoms with Gasteiger partial charge in [0, 0.05) is 45.6 Å². The van der Waals surface area contributed by atoms with Crippen LogP contribution in [-0.2, 0) is 6.42 Å². The molecule has 0 unspecified atom stereocenters. The zero-order valence-electron chi connectivity index (χ0n) is 18.4. The van der Waals surface area contributed by atoms with Gasteiger partial charge in [-0.1, -0.05) is 29.8 Å². The van der Waals surface area contributed by atoms with Gasteiger partial charge in [-0.05, 0) is 55.8 Å². The summed E-state index contributed by atoms with van der Waals surface area (Å²) in [5, 5.41) is 10.5. The largest absolute Gasteiger partial charge is 0.384 e. The maximum Gasteiger partial charge on any atom is 0.384 e.